The highest BCUT2D eigenvalue weighted by atomic mass is 32.1. The van der Waals surface area contributed by atoms with Crippen LogP contribution < -0.4 is 5.32 Å². The fourth-order valence-corrected chi connectivity index (χ4v) is 5.60. The van der Waals surface area contributed by atoms with Gasteiger partial charge in [-0.2, -0.15) is 0 Å². The Morgan fingerprint density at radius 3 is 2.38 bits per heavy atom. The summed E-state index contributed by atoms with van der Waals surface area (Å²) in [6.45, 7) is 4.31. The molecule has 1 saturated heterocycles. The minimum Gasteiger partial charge on any atom is -0.316 e. The Balaban J connectivity index is 1.52. The third-order valence-electron chi connectivity index (χ3n) is 5.74. The molecule has 1 saturated carbocycles. The molecule has 2 aromatic rings. The number of amides is 2. The zero-order valence-corrected chi connectivity index (χ0v) is 14.1. The van der Waals surface area contributed by atoms with Gasteiger partial charge in [0.1, 0.15) is 5.01 Å². The van der Waals surface area contributed by atoms with E-state index >= 15 is 0 Å². The molecule has 0 radical (unpaired) electrons. The van der Waals surface area contributed by atoms with Crippen molar-refractivity contribution >= 4 is 23.2 Å². The fraction of sp³-hybridized carbons (Fsp3) is 0.389. The number of aryl methyl sites for hydroxylation is 1. The maximum atomic E-state index is 12.7. The monoisotopic (exact) mass is 339 g/mol. The molecule has 2 amide bonds. The van der Waals surface area contributed by atoms with Gasteiger partial charge in [0.25, 0.3) is 11.8 Å². The standard InChI is InChI=1S/C18H17N3O2S/c1-10-8-24-17(20-10)18(13-6-19-7-14(13)18)9-21-15(22)11-4-2-3-5-12(11)16(21)23/h2-5,8,13-14,19H,6-7,9H2,1H3/t13-,14+,18?. The number of nitrogens with one attached hydrogen (secondary N) is 1. The minimum atomic E-state index is -0.166. The van der Waals surface area contributed by atoms with Gasteiger partial charge < -0.3 is 5.32 Å². The number of hydrogen-bond acceptors (Lipinski definition) is 5. The molecule has 3 heterocycles. The SMILES string of the molecule is Cc1csc(C2(CN3C(=O)c4ccccc4C3=O)[C@@H]3CNC[C@@H]32)n1. The van der Waals surface area contributed by atoms with Gasteiger partial charge in [0.05, 0.1) is 11.1 Å². The second kappa shape index (κ2) is 4.74. The first-order valence-corrected chi connectivity index (χ1v) is 9.09. The molecule has 1 aromatic heterocycles. The van der Waals surface area contributed by atoms with Crippen LogP contribution in [0.1, 0.15) is 31.4 Å². The van der Waals surface area contributed by atoms with Gasteiger partial charge in [0, 0.05) is 23.0 Å². The molecule has 1 aliphatic carbocycles. The third-order valence-corrected chi connectivity index (χ3v) is 6.90. The lowest BCUT2D eigenvalue weighted by atomic mass is 10.00. The topological polar surface area (TPSA) is 62.3 Å². The number of nitrogens with zero attached hydrogens (tertiary/aromatic N) is 2. The molecule has 3 atom stereocenters. The van der Waals surface area contributed by atoms with E-state index in [4.69, 9.17) is 4.98 Å². The molecule has 1 aromatic carbocycles. The van der Waals surface area contributed by atoms with Crippen LogP contribution in [0.3, 0.4) is 0 Å². The van der Waals surface area contributed by atoms with E-state index in [1.54, 1.807) is 23.5 Å². The van der Waals surface area contributed by atoms with Gasteiger partial charge in [-0.05, 0) is 44.0 Å². The number of fused-ring (bicyclic) bond motifs is 2. The molecule has 0 bridgehead atoms. The van der Waals surface area contributed by atoms with Gasteiger partial charge in [0.2, 0.25) is 0 Å². The van der Waals surface area contributed by atoms with E-state index in [1.807, 2.05) is 19.1 Å². The van der Waals surface area contributed by atoms with Crippen LogP contribution in [-0.4, -0.2) is 41.3 Å². The molecule has 6 heteroatoms. The predicted octanol–water partition coefficient (Wildman–Crippen LogP) is 1.83. The number of benzene rings is 1. The van der Waals surface area contributed by atoms with Crippen LogP contribution in [0, 0.1) is 18.8 Å². The van der Waals surface area contributed by atoms with Gasteiger partial charge in [-0.25, -0.2) is 4.98 Å². The summed E-state index contributed by atoms with van der Waals surface area (Å²) in [7, 11) is 0. The van der Waals surface area contributed by atoms with E-state index in [0.717, 1.165) is 23.8 Å². The van der Waals surface area contributed by atoms with E-state index in [1.165, 1.54) is 4.90 Å². The Bertz CT molecular complexity index is 830. The Kier molecular flexibility index (Phi) is 2.82. The summed E-state index contributed by atoms with van der Waals surface area (Å²) in [6.07, 6.45) is 0. The first-order chi connectivity index (χ1) is 11.6. The maximum absolute atomic E-state index is 12.7. The van der Waals surface area contributed by atoms with Crippen molar-refractivity contribution in [3.63, 3.8) is 0 Å². The molecule has 1 N–H and O–H groups in total. The summed E-state index contributed by atoms with van der Waals surface area (Å²) in [6, 6.07) is 7.10. The van der Waals surface area contributed by atoms with Crippen LogP contribution in [0.15, 0.2) is 29.6 Å². The summed E-state index contributed by atoms with van der Waals surface area (Å²) in [5, 5.41) is 6.54. The van der Waals surface area contributed by atoms with Gasteiger partial charge in [0.15, 0.2) is 0 Å². The van der Waals surface area contributed by atoms with Crippen LogP contribution in [0.25, 0.3) is 0 Å². The largest absolute Gasteiger partial charge is 0.316 e. The van der Waals surface area contributed by atoms with Crippen molar-refractivity contribution in [3.05, 3.63) is 51.5 Å². The zero-order chi connectivity index (χ0) is 16.5. The second-order valence-electron chi connectivity index (χ2n) is 6.95. The molecule has 24 heavy (non-hydrogen) atoms. The Hall–Kier alpha value is -2.05. The molecule has 3 aliphatic rings. The number of piperidine rings is 1. The van der Waals surface area contributed by atoms with Crippen LogP contribution in [0.4, 0.5) is 0 Å². The van der Waals surface area contributed by atoms with Gasteiger partial charge >= 0.3 is 0 Å². The summed E-state index contributed by atoms with van der Waals surface area (Å²) < 4.78 is 0. The molecule has 2 fully saturated rings. The van der Waals surface area contributed by atoms with Gasteiger partial charge in [-0.3, -0.25) is 14.5 Å². The summed E-state index contributed by atoms with van der Waals surface area (Å²) in [5.41, 5.74) is 1.90. The fourth-order valence-electron chi connectivity index (χ4n) is 4.48. The first kappa shape index (κ1) is 14.3. The molecule has 5 nitrogen and oxygen atoms in total. The van der Waals surface area contributed by atoms with Crippen molar-refractivity contribution in [1.82, 2.24) is 15.2 Å². The van der Waals surface area contributed by atoms with Crippen LogP contribution in [-0.2, 0) is 5.41 Å². The van der Waals surface area contributed by atoms with E-state index < -0.39 is 0 Å². The van der Waals surface area contributed by atoms with Crippen LogP contribution in [0.5, 0.6) is 0 Å². The Labute approximate surface area is 143 Å². The van der Waals surface area contributed by atoms with E-state index in [2.05, 4.69) is 10.7 Å². The van der Waals surface area contributed by atoms with E-state index in [-0.39, 0.29) is 17.2 Å². The number of imide groups is 1. The smallest absolute Gasteiger partial charge is 0.261 e. The summed E-state index contributed by atoms with van der Waals surface area (Å²) in [5.74, 6) is 0.599. The molecule has 0 spiro atoms. The summed E-state index contributed by atoms with van der Waals surface area (Å²) in [4.78, 5) is 31.6. The number of thiazole rings is 1. The number of hydrogen-bond donors (Lipinski definition) is 1. The molecule has 1 unspecified atom stereocenters. The Morgan fingerprint density at radius 1 is 1.21 bits per heavy atom. The number of carbonyl (C=O) groups is 2. The van der Waals surface area contributed by atoms with Crippen molar-refractivity contribution in [2.75, 3.05) is 19.6 Å². The average Bonchev–Trinajstić information content (AvgIpc) is 3.05. The summed E-state index contributed by atoms with van der Waals surface area (Å²) >= 11 is 1.66. The predicted molar refractivity (Wildman–Crippen MR) is 90.2 cm³/mol. The van der Waals surface area contributed by atoms with Gasteiger partial charge in [-0.15, -0.1) is 11.3 Å². The lowest BCUT2D eigenvalue weighted by Gasteiger charge is -2.24. The number of carbonyl (C=O) groups excluding carboxylic acids is 2. The lowest BCUT2D eigenvalue weighted by molar-refractivity contribution is 0.0631. The highest BCUT2D eigenvalue weighted by molar-refractivity contribution is 7.09. The minimum absolute atomic E-state index is 0.155. The lowest BCUT2D eigenvalue weighted by Crippen LogP contribution is -2.41. The molecule has 5 rings (SSSR count). The van der Waals surface area contributed by atoms with E-state index in [9.17, 15) is 9.59 Å². The highest BCUT2D eigenvalue weighted by Crippen LogP contribution is 2.62. The van der Waals surface area contributed by atoms with Crippen molar-refractivity contribution in [2.24, 2.45) is 11.8 Å². The van der Waals surface area contributed by atoms with Crippen LogP contribution >= 0.6 is 11.3 Å². The first-order valence-electron chi connectivity index (χ1n) is 8.21. The number of aromatic nitrogens is 1. The molecular formula is C18H17N3O2S. The average molecular weight is 339 g/mol. The quantitative estimate of drug-likeness (QED) is 0.867. The van der Waals surface area contributed by atoms with Gasteiger partial charge in [-0.1, -0.05) is 12.1 Å². The van der Waals surface area contributed by atoms with Crippen molar-refractivity contribution < 1.29 is 9.59 Å². The van der Waals surface area contributed by atoms with Crippen molar-refractivity contribution in [2.45, 2.75) is 12.3 Å². The third kappa shape index (κ3) is 1.70. The number of rotatable bonds is 3. The highest BCUT2D eigenvalue weighted by Gasteiger charge is 2.69. The normalized spacial score (nSPS) is 30.6. The zero-order valence-electron chi connectivity index (χ0n) is 13.3. The van der Waals surface area contributed by atoms with Crippen molar-refractivity contribution in [3.8, 4) is 0 Å². The maximum Gasteiger partial charge on any atom is 0.261 e. The Morgan fingerprint density at radius 2 is 1.83 bits per heavy atom. The molecule has 122 valence electrons. The van der Waals surface area contributed by atoms with Crippen LogP contribution in [0.2, 0.25) is 0 Å². The molecule has 2 aliphatic heterocycles. The second-order valence-corrected chi connectivity index (χ2v) is 7.81. The molecular weight excluding hydrogens is 322 g/mol. The van der Waals surface area contributed by atoms with Crippen molar-refractivity contribution in [1.29, 1.82) is 0 Å². The van der Waals surface area contributed by atoms with E-state index in [0.29, 0.717) is 29.5 Å².